The van der Waals surface area contributed by atoms with Crippen LogP contribution in [-0.4, -0.2) is 19.2 Å². The van der Waals surface area contributed by atoms with Gasteiger partial charge in [0.2, 0.25) is 0 Å². The normalized spacial score (nSPS) is 17.7. The van der Waals surface area contributed by atoms with Crippen LogP contribution >= 0.6 is 0 Å². The fraction of sp³-hybridized carbons (Fsp3) is 0.647. The van der Waals surface area contributed by atoms with Crippen molar-refractivity contribution in [2.75, 3.05) is 13.2 Å². The lowest BCUT2D eigenvalue weighted by Gasteiger charge is -2.31. The van der Waals surface area contributed by atoms with Crippen LogP contribution < -0.4 is 10.1 Å². The lowest BCUT2D eigenvalue weighted by molar-refractivity contribution is 0.177. The fourth-order valence-electron chi connectivity index (χ4n) is 3.02. The molecule has 2 nitrogen and oxygen atoms in total. The monoisotopic (exact) mass is 297 g/mol. The Morgan fingerprint density at radius 2 is 1.86 bits per heavy atom. The number of hydrogen-bond acceptors (Lipinski definition) is 2. The standard InChI is InChI=1S/C17H25F2NO/c1-2-11-20-16(13-7-4-3-5-8-13)12-21-17-14(18)9-6-10-15(17)19/h6,9-10,13,16,20H,2-5,7-8,11-12H2,1H3. The van der Waals surface area contributed by atoms with E-state index in [2.05, 4.69) is 12.2 Å². The van der Waals surface area contributed by atoms with Crippen molar-refractivity contribution in [3.63, 3.8) is 0 Å². The molecule has 118 valence electrons. The number of benzene rings is 1. The summed E-state index contributed by atoms with van der Waals surface area (Å²) in [6.45, 7) is 3.34. The van der Waals surface area contributed by atoms with Gasteiger partial charge < -0.3 is 10.1 Å². The van der Waals surface area contributed by atoms with Gasteiger partial charge in [-0.1, -0.05) is 32.3 Å². The highest BCUT2D eigenvalue weighted by atomic mass is 19.1. The largest absolute Gasteiger partial charge is 0.486 e. The quantitative estimate of drug-likeness (QED) is 0.810. The third kappa shape index (κ3) is 4.67. The number of hydrogen-bond donors (Lipinski definition) is 1. The van der Waals surface area contributed by atoms with Gasteiger partial charge in [-0.3, -0.25) is 0 Å². The zero-order valence-corrected chi connectivity index (χ0v) is 12.7. The minimum Gasteiger partial charge on any atom is -0.486 e. The highest BCUT2D eigenvalue weighted by molar-refractivity contribution is 5.26. The predicted octanol–water partition coefficient (Wildman–Crippen LogP) is 4.29. The topological polar surface area (TPSA) is 21.3 Å². The lowest BCUT2D eigenvalue weighted by atomic mass is 9.84. The van der Waals surface area contributed by atoms with Gasteiger partial charge in [0.15, 0.2) is 17.4 Å². The molecular formula is C17H25F2NO. The Labute approximate surface area is 125 Å². The third-order valence-electron chi connectivity index (χ3n) is 4.20. The smallest absolute Gasteiger partial charge is 0.190 e. The zero-order valence-electron chi connectivity index (χ0n) is 12.7. The molecule has 1 aromatic rings. The van der Waals surface area contributed by atoms with Gasteiger partial charge in [0.05, 0.1) is 0 Å². The van der Waals surface area contributed by atoms with Crippen LogP contribution in [-0.2, 0) is 0 Å². The van der Waals surface area contributed by atoms with Crippen LogP contribution in [0.5, 0.6) is 5.75 Å². The second kappa shape index (κ2) is 8.32. The number of ether oxygens (including phenoxy) is 1. The van der Waals surface area contributed by atoms with Gasteiger partial charge >= 0.3 is 0 Å². The molecule has 1 aliphatic rings. The van der Waals surface area contributed by atoms with E-state index in [1.165, 1.54) is 50.3 Å². The zero-order chi connectivity index (χ0) is 15.1. The molecule has 1 saturated carbocycles. The van der Waals surface area contributed by atoms with E-state index in [1.54, 1.807) is 0 Å². The van der Waals surface area contributed by atoms with Crippen molar-refractivity contribution in [3.05, 3.63) is 29.8 Å². The van der Waals surface area contributed by atoms with Crippen molar-refractivity contribution in [1.82, 2.24) is 5.32 Å². The average Bonchev–Trinajstić information content (AvgIpc) is 2.50. The summed E-state index contributed by atoms with van der Waals surface area (Å²) in [5, 5.41) is 3.48. The molecule has 0 amide bonds. The molecule has 4 heteroatoms. The minimum atomic E-state index is -0.632. The number of para-hydroxylation sites is 1. The Morgan fingerprint density at radius 1 is 1.19 bits per heavy atom. The molecule has 1 unspecified atom stereocenters. The van der Waals surface area contributed by atoms with Crippen LogP contribution in [0.15, 0.2) is 18.2 Å². The summed E-state index contributed by atoms with van der Waals surface area (Å²) in [5.74, 6) is -0.975. The van der Waals surface area contributed by atoms with Gasteiger partial charge in [0, 0.05) is 6.04 Å². The molecule has 0 aliphatic heterocycles. The summed E-state index contributed by atoms with van der Waals surface area (Å²) in [4.78, 5) is 0. The summed E-state index contributed by atoms with van der Waals surface area (Å²) in [7, 11) is 0. The second-order valence-electron chi connectivity index (χ2n) is 5.82. The van der Waals surface area contributed by atoms with E-state index in [4.69, 9.17) is 4.74 Å². The summed E-state index contributed by atoms with van der Waals surface area (Å²) in [5.41, 5.74) is 0. The third-order valence-corrected chi connectivity index (χ3v) is 4.20. The molecule has 0 aromatic heterocycles. The van der Waals surface area contributed by atoms with Gasteiger partial charge in [-0.25, -0.2) is 8.78 Å². The number of rotatable bonds is 7. The van der Waals surface area contributed by atoms with Crippen LogP contribution in [0.4, 0.5) is 8.78 Å². The maximum Gasteiger partial charge on any atom is 0.190 e. The molecule has 0 bridgehead atoms. The van der Waals surface area contributed by atoms with Gasteiger partial charge in [0.1, 0.15) is 6.61 Å². The molecule has 0 radical (unpaired) electrons. The van der Waals surface area contributed by atoms with Crippen LogP contribution in [0.1, 0.15) is 45.4 Å². The number of halogens is 2. The van der Waals surface area contributed by atoms with E-state index in [1.807, 2.05) is 0 Å². The Balaban J connectivity index is 1.97. The average molecular weight is 297 g/mol. The van der Waals surface area contributed by atoms with E-state index in [0.717, 1.165) is 13.0 Å². The highest BCUT2D eigenvalue weighted by Gasteiger charge is 2.24. The Morgan fingerprint density at radius 3 is 2.48 bits per heavy atom. The molecule has 21 heavy (non-hydrogen) atoms. The maximum absolute atomic E-state index is 13.6. The molecular weight excluding hydrogens is 272 g/mol. The van der Waals surface area contributed by atoms with Gasteiger partial charge in [-0.05, 0) is 43.9 Å². The Kier molecular flexibility index (Phi) is 6.43. The fourth-order valence-corrected chi connectivity index (χ4v) is 3.02. The molecule has 0 saturated heterocycles. The first-order valence-electron chi connectivity index (χ1n) is 8.02. The van der Waals surface area contributed by atoms with Crippen LogP contribution in [0, 0.1) is 17.6 Å². The summed E-state index contributed by atoms with van der Waals surface area (Å²) in [6, 6.07) is 3.98. The molecule has 1 aliphatic carbocycles. The van der Waals surface area contributed by atoms with Crippen LogP contribution in [0.25, 0.3) is 0 Å². The minimum absolute atomic E-state index is 0.171. The van der Waals surface area contributed by atoms with Gasteiger partial charge in [0.25, 0.3) is 0 Å². The highest BCUT2D eigenvalue weighted by Crippen LogP contribution is 2.28. The van der Waals surface area contributed by atoms with Gasteiger partial charge in [-0.2, -0.15) is 0 Å². The first-order valence-corrected chi connectivity index (χ1v) is 8.02. The maximum atomic E-state index is 13.6. The summed E-state index contributed by atoms with van der Waals surface area (Å²) < 4.78 is 32.7. The molecule has 0 spiro atoms. The molecule has 0 heterocycles. The lowest BCUT2D eigenvalue weighted by Crippen LogP contribution is -2.42. The molecule has 2 rings (SSSR count). The first kappa shape index (κ1) is 16.2. The van der Waals surface area contributed by atoms with Gasteiger partial charge in [-0.15, -0.1) is 0 Å². The van der Waals surface area contributed by atoms with Crippen molar-refractivity contribution < 1.29 is 13.5 Å². The van der Waals surface area contributed by atoms with Crippen molar-refractivity contribution in [3.8, 4) is 5.75 Å². The molecule has 1 aromatic carbocycles. The van der Waals surface area contributed by atoms with E-state index in [-0.39, 0.29) is 11.8 Å². The predicted molar refractivity (Wildman–Crippen MR) is 80.5 cm³/mol. The van der Waals surface area contributed by atoms with Crippen molar-refractivity contribution in [1.29, 1.82) is 0 Å². The van der Waals surface area contributed by atoms with Crippen molar-refractivity contribution >= 4 is 0 Å². The van der Waals surface area contributed by atoms with E-state index >= 15 is 0 Å². The van der Waals surface area contributed by atoms with Crippen molar-refractivity contribution in [2.45, 2.75) is 51.5 Å². The Bertz CT molecular complexity index is 413. The summed E-state index contributed by atoms with van der Waals surface area (Å²) >= 11 is 0. The SMILES string of the molecule is CCCNC(COc1c(F)cccc1F)C1CCCCC1. The molecule has 1 atom stereocenters. The Hall–Kier alpha value is -1.16. The first-order chi connectivity index (χ1) is 10.2. The second-order valence-corrected chi connectivity index (χ2v) is 5.82. The van der Waals surface area contributed by atoms with Crippen LogP contribution in [0.3, 0.4) is 0 Å². The van der Waals surface area contributed by atoms with Crippen molar-refractivity contribution in [2.24, 2.45) is 5.92 Å². The molecule has 1 N–H and O–H groups in total. The van der Waals surface area contributed by atoms with E-state index < -0.39 is 11.6 Å². The van der Waals surface area contributed by atoms with Crippen LogP contribution in [0.2, 0.25) is 0 Å². The summed E-state index contributed by atoms with van der Waals surface area (Å²) in [6.07, 6.45) is 7.15. The number of nitrogens with one attached hydrogen (secondary N) is 1. The van der Waals surface area contributed by atoms with E-state index in [0.29, 0.717) is 12.5 Å². The molecule has 1 fully saturated rings. The van der Waals surface area contributed by atoms with E-state index in [9.17, 15) is 8.78 Å².